The van der Waals surface area contributed by atoms with E-state index in [1.165, 1.54) is 5.56 Å². The van der Waals surface area contributed by atoms with Crippen LogP contribution in [0.25, 0.3) is 26.5 Å². The average Bonchev–Trinajstić information content (AvgIpc) is 2.88. The first-order chi connectivity index (χ1) is 17.0. The molecule has 2 heterocycles. The molecule has 1 aliphatic heterocycles. The summed E-state index contributed by atoms with van der Waals surface area (Å²) in [6, 6.07) is 17.6. The number of likely N-dealkylation sites (N-methyl/N-ethyl adjacent to an activating group) is 1. The van der Waals surface area contributed by atoms with E-state index in [-0.39, 0.29) is 11.9 Å². The number of hydrogen-bond donors (Lipinski definition) is 2. The maximum Gasteiger partial charge on any atom is 0.253 e. The Hall–Kier alpha value is -4.22. The number of rotatable bonds is 5. The fraction of sp³-hybridized carbons (Fsp3) is 0.259. The first-order valence-corrected chi connectivity index (χ1v) is 11.7. The third-order valence-electron chi connectivity index (χ3n) is 6.47. The molecule has 0 saturated carbocycles. The molecule has 8 nitrogen and oxygen atoms in total. The molecule has 8 heteroatoms. The van der Waals surface area contributed by atoms with Crippen molar-refractivity contribution in [3.05, 3.63) is 77.1 Å². The second-order valence-electron chi connectivity index (χ2n) is 8.91. The number of carbonyl (C=O) groups excluding carboxylic acids is 1. The minimum atomic E-state index is 0.103. The van der Waals surface area contributed by atoms with Crippen molar-refractivity contribution in [3.63, 3.8) is 0 Å². The third-order valence-corrected chi connectivity index (χ3v) is 6.47. The zero-order valence-electron chi connectivity index (χ0n) is 19.7. The van der Waals surface area contributed by atoms with Gasteiger partial charge in [0.05, 0.1) is 12.1 Å². The third kappa shape index (κ3) is 4.86. The van der Waals surface area contributed by atoms with Crippen LogP contribution in [0.5, 0.6) is 0 Å². The lowest BCUT2D eigenvalue weighted by molar-refractivity contribution is 0.0664. The van der Waals surface area contributed by atoms with E-state index in [2.05, 4.69) is 50.3 Å². The highest BCUT2D eigenvalue weighted by atomic mass is 16.2. The smallest absolute Gasteiger partial charge is 0.253 e. The summed E-state index contributed by atoms with van der Waals surface area (Å²) in [6.07, 6.45) is 0.784. The lowest BCUT2D eigenvalue weighted by Crippen LogP contribution is -2.47. The highest BCUT2D eigenvalue weighted by Crippen LogP contribution is 2.26. The van der Waals surface area contributed by atoms with E-state index in [0.29, 0.717) is 23.6 Å². The minimum Gasteiger partial charge on any atom is -0.369 e. The van der Waals surface area contributed by atoms with Crippen LogP contribution in [0.2, 0.25) is 0 Å². The predicted molar refractivity (Wildman–Crippen MR) is 140 cm³/mol. The molecule has 0 spiro atoms. The summed E-state index contributed by atoms with van der Waals surface area (Å²) < 4.78 is 0. The first kappa shape index (κ1) is 22.6. The van der Waals surface area contributed by atoms with Crippen molar-refractivity contribution in [2.45, 2.75) is 6.42 Å². The van der Waals surface area contributed by atoms with Gasteiger partial charge >= 0.3 is 0 Å². The van der Waals surface area contributed by atoms with E-state index in [9.17, 15) is 4.79 Å². The van der Waals surface area contributed by atoms with Crippen LogP contribution in [0.4, 0.5) is 17.5 Å². The number of fused-ring (bicyclic) bond motifs is 2. The molecule has 0 aliphatic carbocycles. The van der Waals surface area contributed by atoms with Gasteiger partial charge in [0.25, 0.3) is 5.91 Å². The Morgan fingerprint density at radius 3 is 2.60 bits per heavy atom. The Kier molecular flexibility index (Phi) is 6.17. The Labute approximate surface area is 204 Å². The van der Waals surface area contributed by atoms with Crippen LogP contribution >= 0.6 is 0 Å². The molecule has 0 unspecified atom stereocenters. The Bertz CT molecular complexity index is 1450. The summed E-state index contributed by atoms with van der Waals surface area (Å²) in [5, 5.41) is 6.30. The Morgan fingerprint density at radius 2 is 1.80 bits per heavy atom. The normalized spacial score (nSPS) is 14.2. The molecule has 0 radical (unpaired) electrons. The number of nitrogens with two attached hydrogens (primary N) is 1. The first-order valence-electron chi connectivity index (χ1n) is 11.7. The number of amides is 1. The minimum absolute atomic E-state index is 0.103. The highest BCUT2D eigenvalue weighted by Gasteiger charge is 2.20. The fourth-order valence-corrected chi connectivity index (χ4v) is 4.44. The highest BCUT2D eigenvalue weighted by molar-refractivity contribution is 5.99. The van der Waals surface area contributed by atoms with Crippen molar-refractivity contribution in [1.82, 2.24) is 19.8 Å². The van der Waals surface area contributed by atoms with Gasteiger partial charge in [-0.2, -0.15) is 4.98 Å². The number of nitrogens with zero attached hydrogens (tertiary/aromatic N) is 5. The second kappa shape index (κ2) is 9.57. The summed E-state index contributed by atoms with van der Waals surface area (Å²) in [4.78, 5) is 29.2. The molecule has 5 rings (SSSR count). The Balaban J connectivity index is 1.28. The van der Waals surface area contributed by atoms with Gasteiger partial charge in [-0.15, -0.1) is 0 Å². The molecule has 1 amide bonds. The molecule has 1 aromatic heterocycles. The largest absolute Gasteiger partial charge is 0.369 e. The number of nitrogens with one attached hydrogen (secondary N) is 1. The van der Waals surface area contributed by atoms with E-state index >= 15 is 0 Å². The van der Waals surface area contributed by atoms with Crippen LogP contribution < -0.4 is 11.1 Å². The molecule has 176 valence electrons. The topological polar surface area (TPSA) is 91.7 Å². The predicted octanol–water partition coefficient (Wildman–Crippen LogP) is 3.96. The van der Waals surface area contributed by atoms with Crippen molar-refractivity contribution in [3.8, 4) is 0 Å². The van der Waals surface area contributed by atoms with Gasteiger partial charge < -0.3 is 20.9 Å². The molecule has 1 saturated heterocycles. The van der Waals surface area contributed by atoms with Gasteiger partial charge in [-0.1, -0.05) is 30.3 Å². The molecule has 1 aliphatic rings. The molecular weight excluding hydrogens is 438 g/mol. The lowest BCUT2D eigenvalue weighted by atomic mass is 10.0. The summed E-state index contributed by atoms with van der Waals surface area (Å²) in [7, 11) is 2.09. The van der Waals surface area contributed by atoms with Crippen molar-refractivity contribution in [2.24, 2.45) is 0 Å². The van der Waals surface area contributed by atoms with Gasteiger partial charge in [-0.25, -0.2) is 9.83 Å². The van der Waals surface area contributed by atoms with Crippen molar-refractivity contribution in [2.75, 3.05) is 50.8 Å². The number of benzene rings is 3. The number of anilines is 2. The maximum atomic E-state index is 12.9. The summed E-state index contributed by atoms with van der Waals surface area (Å²) >= 11 is 0. The molecule has 3 aromatic carbocycles. The summed E-state index contributed by atoms with van der Waals surface area (Å²) in [5.41, 5.74) is 9.04. The van der Waals surface area contributed by atoms with E-state index in [1.54, 1.807) is 18.2 Å². The molecule has 0 bridgehead atoms. The fourth-order valence-electron chi connectivity index (χ4n) is 4.44. The van der Waals surface area contributed by atoms with Crippen LogP contribution in [-0.4, -0.2) is 65.4 Å². The quantitative estimate of drug-likeness (QED) is 0.434. The molecule has 1 fully saturated rings. The van der Waals surface area contributed by atoms with Crippen molar-refractivity contribution >= 4 is 45.0 Å². The Morgan fingerprint density at radius 1 is 1.03 bits per heavy atom. The van der Waals surface area contributed by atoms with E-state index in [4.69, 9.17) is 12.3 Å². The van der Waals surface area contributed by atoms with Crippen LogP contribution in [-0.2, 0) is 6.42 Å². The van der Waals surface area contributed by atoms with Crippen LogP contribution in [0, 0.1) is 6.57 Å². The summed E-state index contributed by atoms with van der Waals surface area (Å²) in [6.45, 7) is 11.3. The zero-order valence-corrected chi connectivity index (χ0v) is 19.7. The SMILES string of the molecule is [C-]#[N+]c1ccc2nc(N)nc(NCCc3ccc4cc(C(=O)N5CCN(C)CC5)ccc4c3)c2c1. The number of carbonyl (C=O) groups is 1. The molecule has 4 aromatic rings. The molecular formula is C27H27N7O. The van der Waals surface area contributed by atoms with Gasteiger partial charge in [0.1, 0.15) is 5.82 Å². The molecule has 0 atom stereocenters. The standard InChI is InChI=1S/C27H27N7O/c1-29-22-7-8-24-23(17-22)25(32-27(28)31-24)30-10-9-18-3-4-20-16-21(6-5-19(20)15-18)26(35)34-13-11-33(2)12-14-34/h3-8,15-17H,9-14H2,2H3,(H3,28,30,31,32). The van der Waals surface area contributed by atoms with Gasteiger partial charge in [0.15, 0.2) is 5.69 Å². The van der Waals surface area contributed by atoms with E-state index in [0.717, 1.165) is 54.3 Å². The molecule has 35 heavy (non-hydrogen) atoms. The van der Waals surface area contributed by atoms with Crippen LogP contribution in [0.15, 0.2) is 54.6 Å². The van der Waals surface area contributed by atoms with Crippen LogP contribution in [0.3, 0.4) is 0 Å². The number of piperazine rings is 1. The van der Waals surface area contributed by atoms with Gasteiger partial charge in [0, 0.05) is 43.7 Å². The number of hydrogen-bond acceptors (Lipinski definition) is 6. The van der Waals surface area contributed by atoms with Gasteiger partial charge in [0.2, 0.25) is 5.95 Å². The van der Waals surface area contributed by atoms with E-state index < -0.39 is 0 Å². The number of nitrogen functional groups attached to an aromatic ring is 1. The van der Waals surface area contributed by atoms with Gasteiger partial charge in [-0.3, -0.25) is 4.79 Å². The average molecular weight is 466 g/mol. The van der Waals surface area contributed by atoms with Crippen molar-refractivity contribution < 1.29 is 4.79 Å². The molecule has 3 N–H and O–H groups in total. The van der Waals surface area contributed by atoms with Crippen LogP contribution in [0.1, 0.15) is 15.9 Å². The lowest BCUT2D eigenvalue weighted by Gasteiger charge is -2.32. The van der Waals surface area contributed by atoms with Crippen molar-refractivity contribution in [1.29, 1.82) is 0 Å². The zero-order chi connectivity index (χ0) is 24.4. The van der Waals surface area contributed by atoms with Gasteiger partial charge in [-0.05, 0) is 54.1 Å². The second-order valence-corrected chi connectivity index (χ2v) is 8.91. The van der Waals surface area contributed by atoms with E-state index in [1.807, 2.05) is 23.1 Å². The maximum absolute atomic E-state index is 12.9. The summed E-state index contributed by atoms with van der Waals surface area (Å²) in [5.74, 6) is 0.931. The number of aromatic nitrogens is 2. The monoisotopic (exact) mass is 465 g/mol.